The molecule has 0 N–H and O–H groups in total. The predicted octanol–water partition coefficient (Wildman–Crippen LogP) is 3.04. The first kappa shape index (κ1) is 14.2. The van der Waals surface area contributed by atoms with E-state index in [0.717, 1.165) is 13.2 Å². The standard InChI is InChI=1S/C14H23NO2/c1-4-16-11-15(12-17-5-2)13(3)14-9-7-6-8-10-14/h6-10,13H,4-5,11-12H2,1-3H3/t13-/m1/s1. The van der Waals surface area contributed by atoms with Crippen LogP contribution in [0.25, 0.3) is 0 Å². The highest BCUT2D eigenvalue weighted by Crippen LogP contribution is 2.19. The van der Waals surface area contributed by atoms with Crippen LogP contribution in [0.1, 0.15) is 32.4 Å². The molecule has 0 amide bonds. The van der Waals surface area contributed by atoms with Crippen LogP contribution in [0.4, 0.5) is 0 Å². The van der Waals surface area contributed by atoms with Gasteiger partial charge in [-0.15, -0.1) is 0 Å². The molecule has 0 unspecified atom stereocenters. The zero-order valence-corrected chi connectivity index (χ0v) is 11.1. The second-order valence-electron chi connectivity index (χ2n) is 3.92. The van der Waals surface area contributed by atoms with Gasteiger partial charge in [0.05, 0.1) is 0 Å². The van der Waals surface area contributed by atoms with E-state index in [1.54, 1.807) is 0 Å². The second-order valence-corrected chi connectivity index (χ2v) is 3.92. The van der Waals surface area contributed by atoms with Crippen LogP contribution in [0.3, 0.4) is 0 Å². The third kappa shape index (κ3) is 4.86. The lowest BCUT2D eigenvalue weighted by atomic mass is 10.1. The molecule has 0 spiro atoms. The van der Waals surface area contributed by atoms with Crippen molar-refractivity contribution in [2.24, 2.45) is 0 Å². The number of ether oxygens (including phenoxy) is 2. The molecule has 0 heterocycles. The highest BCUT2D eigenvalue weighted by Gasteiger charge is 2.15. The molecule has 0 aliphatic rings. The van der Waals surface area contributed by atoms with Crippen molar-refractivity contribution in [3.8, 4) is 0 Å². The van der Waals surface area contributed by atoms with Gasteiger partial charge in [-0.1, -0.05) is 30.3 Å². The Labute approximate surface area is 104 Å². The van der Waals surface area contributed by atoms with Gasteiger partial charge in [0.25, 0.3) is 0 Å². The third-order valence-electron chi connectivity index (χ3n) is 2.75. The van der Waals surface area contributed by atoms with Gasteiger partial charge in [-0.25, -0.2) is 0 Å². The molecular formula is C14H23NO2. The van der Waals surface area contributed by atoms with Crippen LogP contribution in [0.15, 0.2) is 30.3 Å². The molecule has 0 saturated heterocycles. The van der Waals surface area contributed by atoms with Crippen molar-refractivity contribution in [1.29, 1.82) is 0 Å². The quantitative estimate of drug-likeness (QED) is 0.649. The molecule has 3 heteroatoms. The first-order valence-electron chi connectivity index (χ1n) is 6.24. The molecule has 1 aromatic carbocycles. The molecule has 1 aromatic rings. The van der Waals surface area contributed by atoms with Gasteiger partial charge in [0.2, 0.25) is 0 Å². The van der Waals surface area contributed by atoms with E-state index >= 15 is 0 Å². The first-order valence-corrected chi connectivity index (χ1v) is 6.24. The van der Waals surface area contributed by atoms with Crippen molar-refractivity contribution in [3.05, 3.63) is 35.9 Å². The average molecular weight is 237 g/mol. The molecular weight excluding hydrogens is 214 g/mol. The number of hydrogen-bond donors (Lipinski definition) is 0. The van der Waals surface area contributed by atoms with E-state index in [1.807, 2.05) is 19.9 Å². The minimum atomic E-state index is 0.300. The van der Waals surface area contributed by atoms with Crippen LogP contribution < -0.4 is 0 Å². The molecule has 17 heavy (non-hydrogen) atoms. The van der Waals surface area contributed by atoms with E-state index in [4.69, 9.17) is 9.47 Å². The Hall–Kier alpha value is -0.900. The lowest BCUT2D eigenvalue weighted by Crippen LogP contribution is -2.32. The number of hydrogen-bond acceptors (Lipinski definition) is 3. The summed E-state index contributed by atoms with van der Waals surface area (Å²) in [7, 11) is 0. The molecule has 0 aliphatic carbocycles. The van der Waals surface area contributed by atoms with Crippen molar-refractivity contribution >= 4 is 0 Å². The van der Waals surface area contributed by atoms with Crippen molar-refractivity contribution in [2.75, 3.05) is 26.7 Å². The van der Waals surface area contributed by atoms with Crippen LogP contribution in [-0.2, 0) is 9.47 Å². The van der Waals surface area contributed by atoms with Gasteiger partial charge in [-0.05, 0) is 26.3 Å². The minimum Gasteiger partial charge on any atom is -0.366 e. The van der Waals surface area contributed by atoms with Crippen LogP contribution in [0, 0.1) is 0 Å². The molecule has 3 nitrogen and oxygen atoms in total. The van der Waals surface area contributed by atoms with Crippen molar-refractivity contribution in [2.45, 2.75) is 26.8 Å². The summed E-state index contributed by atoms with van der Waals surface area (Å²) in [6.45, 7) is 8.85. The molecule has 0 bridgehead atoms. The van der Waals surface area contributed by atoms with Gasteiger partial charge in [-0.2, -0.15) is 0 Å². The van der Waals surface area contributed by atoms with Gasteiger partial charge in [0, 0.05) is 19.3 Å². The molecule has 1 rings (SSSR count). The Kier molecular flexibility index (Phi) is 6.86. The normalized spacial score (nSPS) is 12.9. The Morgan fingerprint density at radius 3 is 2.00 bits per heavy atom. The van der Waals surface area contributed by atoms with Crippen molar-refractivity contribution in [1.82, 2.24) is 4.90 Å². The molecule has 0 saturated carbocycles. The van der Waals surface area contributed by atoms with E-state index in [0.29, 0.717) is 19.5 Å². The summed E-state index contributed by atoms with van der Waals surface area (Å²) in [5, 5.41) is 0. The fraction of sp³-hybridized carbons (Fsp3) is 0.571. The van der Waals surface area contributed by atoms with Crippen LogP contribution in [-0.4, -0.2) is 31.6 Å². The Balaban J connectivity index is 2.61. The smallest absolute Gasteiger partial charge is 0.101 e. The lowest BCUT2D eigenvalue weighted by Gasteiger charge is -2.28. The van der Waals surface area contributed by atoms with Crippen LogP contribution in [0.5, 0.6) is 0 Å². The monoisotopic (exact) mass is 237 g/mol. The van der Waals surface area contributed by atoms with Crippen LogP contribution in [0.2, 0.25) is 0 Å². The highest BCUT2D eigenvalue weighted by molar-refractivity contribution is 5.18. The summed E-state index contributed by atoms with van der Waals surface area (Å²) >= 11 is 0. The van der Waals surface area contributed by atoms with E-state index in [1.165, 1.54) is 5.56 Å². The maximum Gasteiger partial charge on any atom is 0.101 e. The number of nitrogens with zero attached hydrogens (tertiary/aromatic N) is 1. The number of benzene rings is 1. The van der Waals surface area contributed by atoms with Crippen molar-refractivity contribution < 1.29 is 9.47 Å². The predicted molar refractivity (Wildman–Crippen MR) is 69.7 cm³/mol. The van der Waals surface area contributed by atoms with Gasteiger partial charge in [0.15, 0.2) is 0 Å². The molecule has 0 aliphatic heterocycles. The van der Waals surface area contributed by atoms with Crippen molar-refractivity contribution in [3.63, 3.8) is 0 Å². The molecule has 0 fully saturated rings. The summed E-state index contributed by atoms with van der Waals surface area (Å²) in [4.78, 5) is 2.18. The summed E-state index contributed by atoms with van der Waals surface area (Å²) in [5.41, 5.74) is 1.28. The van der Waals surface area contributed by atoms with Crippen LogP contribution >= 0.6 is 0 Å². The number of rotatable bonds is 8. The fourth-order valence-corrected chi connectivity index (χ4v) is 1.62. The Morgan fingerprint density at radius 1 is 1.00 bits per heavy atom. The minimum absolute atomic E-state index is 0.300. The highest BCUT2D eigenvalue weighted by atomic mass is 16.5. The summed E-state index contributed by atoms with van der Waals surface area (Å²) in [5.74, 6) is 0. The van der Waals surface area contributed by atoms with E-state index in [2.05, 4.69) is 36.1 Å². The second kappa shape index (κ2) is 8.23. The first-order chi connectivity index (χ1) is 8.29. The van der Waals surface area contributed by atoms with Gasteiger partial charge < -0.3 is 9.47 Å². The maximum atomic E-state index is 5.48. The third-order valence-corrected chi connectivity index (χ3v) is 2.75. The summed E-state index contributed by atoms with van der Waals surface area (Å²) < 4.78 is 11.0. The average Bonchev–Trinajstić information content (AvgIpc) is 2.39. The lowest BCUT2D eigenvalue weighted by molar-refractivity contribution is -0.0589. The van der Waals surface area contributed by atoms with E-state index in [9.17, 15) is 0 Å². The largest absolute Gasteiger partial charge is 0.366 e. The molecule has 96 valence electrons. The fourth-order valence-electron chi connectivity index (χ4n) is 1.62. The zero-order chi connectivity index (χ0) is 12.5. The van der Waals surface area contributed by atoms with Gasteiger partial charge >= 0.3 is 0 Å². The molecule has 0 radical (unpaired) electrons. The van der Waals surface area contributed by atoms with E-state index < -0.39 is 0 Å². The summed E-state index contributed by atoms with van der Waals surface area (Å²) in [6.07, 6.45) is 0. The van der Waals surface area contributed by atoms with Gasteiger partial charge in [-0.3, -0.25) is 4.90 Å². The Bertz CT molecular complexity index is 282. The maximum absolute atomic E-state index is 5.48. The summed E-state index contributed by atoms with van der Waals surface area (Å²) in [6, 6.07) is 10.7. The SMILES string of the molecule is CCOCN(COCC)[C@H](C)c1ccccc1. The van der Waals surface area contributed by atoms with Gasteiger partial charge in [0.1, 0.15) is 13.5 Å². The Morgan fingerprint density at radius 2 is 1.53 bits per heavy atom. The topological polar surface area (TPSA) is 21.7 Å². The van der Waals surface area contributed by atoms with E-state index in [-0.39, 0.29) is 0 Å². The molecule has 1 atom stereocenters. The zero-order valence-electron chi connectivity index (χ0n) is 11.1. The molecule has 0 aromatic heterocycles.